The van der Waals surface area contributed by atoms with Crippen LogP contribution in [0.25, 0.3) is 0 Å². The highest BCUT2D eigenvalue weighted by atomic mass is 16.5. The van der Waals surface area contributed by atoms with Crippen LogP contribution in [0.5, 0.6) is 0 Å². The standard InChI is InChI=1S/C54H104N2O5/c1-5-9-13-17-19-21-23-25-27-29-31-33-35-39-52(58)60-49-54(50-61-53(59)40-36-34-32-30-28-26-24-22-20-18-14-10-6-2)42-47-56(48-43-54)51(57)41-46-55(44-37-15-11-7-3)45-38-16-12-8-4/h5-50H2,1-4H3. The third-order valence-electron chi connectivity index (χ3n) is 13.5. The number of amides is 1. The lowest BCUT2D eigenvalue weighted by Gasteiger charge is -2.41. The fourth-order valence-corrected chi connectivity index (χ4v) is 9.02. The van der Waals surface area contributed by atoms with Gasteiger partial charge in [0.05, 0.1) is 0 Å². The molecule has 1 heterocycles. The first kappa shape index (κ1) is 57.4. The first-order chi connectivity index (χ1) is 29.9. The average molecular weight is 861 g/mol. The number of hydrogen-bond acceptors (Lipinski definition) is 6. The maximum Gasteiger partial charge on any atom is 0.305 e. The van der Waals surface area contributed by atoms with Crippen LogP contribution in [-0.4, -0.2) is 73.6 Å². The highest BCUT2D eigenvalue weighted by Crippen LogP contribution is 2.33. The third kappa shape index (κ3) is 34.5. The molecule has 0 aliphatic carbocycles. The molecule has 7 heteroatoms. The van der Waals surface area contributed by atoms with Gasteiger partial charge in [-0.3, -0.25) is 14.4 Å². The predicted octanol–water partition coefficient (Wildman–Crippen LogP) is 15.5. The Labute approximate surface area is 379 Å². The van der Waals surface area contributed by atoms with Crippen molar-refractivity contribution in [3.05, 3.63) is 0 Å². The van der Waals surface area contributed by atoms with Gasteiger partial charge in [-0.1, -0.05) is 220 Å². The zero-order chi connectivity index (χ0) is 44.3. The molecule has 1 amide bonds. The van der Waals surface area contributed by atoms with Crippen LogP contribution in [0.3, 0.4) is 0 Å². The molecule has 0 unspecified atom stereocenters. The number of carbonyl (C=O) groups excluding carboxylic acids is 3. The molecule has 0 N–H and O–H groups in total. The van der Waals surface area contributed by atoms with Gasteiger partial charge < -0.3 is 19.3 Å². The summed E-state index contributed by atoms with van der Waals surface area (Å²) < 4.78 is 11.9. The van der Waals surface area contributed by atoms with Crippen LogP contribution in [0.2, 0.25) is 0 Å². The van der Waals surface area contributed by atoms with Gasteiger partial charge in [-0.25, -0.2) is 0 Å². The number of nitrogens with zero attached hydrogens (tertiary/aromatic N) is 2. The first-order valence-electron chi connectivity index (χ1n) is 27.2. The van der Waals surface area contributed by atoms with Crippen molar-refractivity contribution in [3.63, 3.8) is 0 Å². The fourth-order valence-electron chi connectivity index (χ4n) is 9.02. The number of unbranched alkanes of at least 4 members (excludes halogenated alkanes) is 30. The minimum Gasteiger partial charge on any atom is -0.465 e. The van der Waals surface area contributed by atoms with Crippen LogP contribution in [-0.2, 0) is 23.9 Å². The van der Waals surface area contributed by atoms with Crippen molar-refractivity contribution in [2.45, 2.75) is 278 Å². The molecule has 0 bridgehead atoms. The molecule has 0 aromatic carbocycles. The molecule has 0 aromatic heterocycles. The monoisotopic (exact) mass is 861 g/mol. The number of hydrogen-bond donors (Lipinski definition) is 0. The summed E-state index contributed by atoms with van der Waals surface area (Å²) >= 11 is 0. The molecule has 7 nitrogen and oxygen atoms in total. The third-order valence-corrected chi connectivity index (χ3v) is 13.5. The summed E-state index contributed by atoms with van der Waals surface area (Å²) in [6, 6.07) is 0. The summed E-state index contributed by atoms with van der Waals surface area (Å²) in [5.74, 6) is -0.0611. The van der Waals surface area contributed by atoms with Crippen LogP contribution in [0.4, 0.5) is 0 Å². The number of carbonyl (C=O) groups is 3. The summed E-state index contributed by atoms with van der Waals surface area (Å²) in [5, 5.41) is 0. The summed E-state index contributed by atoms with van der Waals surface area (Å²) in [6.07, 6.45) is 46.0. The minimum absolute atomic E-state index is 0.141. The quantitative estimate of drug-likeness (QED) is 0.0448. The van der Waals surface area contributed by atoms with Gasteiger partial charge in [0.25, 0.3) is 0 Å². The van der Waals surface area contributed by atoms with Gasteiger partial charge in [0, 0.05) is 44.3 Å². The predicted molar refractivity (Wildman–Crippen MR) is 260 cm³/mol. The lowest BCUT2D eigenvalue weighted by molar-refractivity contribution is -0.158. The van der Waals surface area contributed by atoms with Crippen molar-refractivity contribution in [2.24, 2.45) is 5.41 Å². The smallest absolute Gasteiger partial charge is 0.305 e. The number of ether oxygens (including phenoxy) is 2. The Balaban J connectivity index is 2.54. The summed E-state index contributed by atoms with van der Waals surface area (Å²) in [5.41, 5.74) is -0.432. The van der Waals surface area contributed by atoms with E-state index >= 15 is 0 Å². The lowest BCUT2D eigenvalue weighted by Crippen LogP contribution is -2.48. The molecule has 0 saturated carbocycles. The van der Waals surface area contributed by atoms with Crippen molar-refractivity contribution in [2.75, 3.05) is 45.9 Å². The molecule has 1 saturated heterocycles. The number of likely N-dealkylation sites (tertiary alicyclic amines) is 1. The number of rotatable bonds is 45. The van der Waals surface area contributed by atoms with E-state index in [0.29, 0.717) is 45.2 Å². The molecule has 0 radical (unpaired) electrons. The molecule has 1 fully saturated rings. The Morgan fingerprint density at radius 3 is 1.02 bits per heavy atom. The lowest BCUT2D eigenvalue weighted by atomic mass is 9.79. The van der Waals surface area contributed by atoms with Crippen LogP contribution >= 0.6 is 0 Å². The Morgan fingerprint density at radius 2 is 0.689 bits per heavy atom. The van der Waals surface area contributed by atoms with E-state index in [2.05, 4.69) is 32.6 Å². The highest BCUT2D eigenvalue weighted by Gasteiger charge is 2.38. The topological polar surface area (TPSA) is 76.1 Å². The van der Waals surface area contributed by atoms with Crippen molar-refractivity contribution in [1.82, 2.24) is 9.80 Å². The van der Waals surface area contributed by atoms with Crippen molar-refractivity contribution < 1.29 is 23.9 Å². The van der Waals surface area contributed by atoms with Crippen molar-refractivity contribution in [3.8, 4) is 0 Å². The zero-order valence-corrected chi connectivity index (χ0v) is 41.5. The zero-order valence-electron chi connectivity index (χ0n) is 41.5. The Bertz CT molecular complexity index is 936. The molecule has 360 valence electrons. The SMILES string of the molecule is CCCCCCCCCCCCCCCC(=O)OCC1(COC(=O)CCCCCCCCCCCCCCC)CCN(C(=O)CCN(CCCCCC)CCCCCC)CC1. The average Bonchev–Trinajstić information content (AvgIpc) is 3.27. The van der Waals surface area contributed by atoms with E-state index < -0.39 is 5.41 Å². The second-order valence-electron chi connectivity index (χ2n) is 19.4. The molecule has 1 rings (SSSR count). The van der Waals surface area contributed by atoms with E-state index in [0.717, 1.165) is 45.3 Å². The minimum atomic E-state index is -0.432. The van der Waals surface area contributed by atoms with Gasteiger partial charge in [-0.15, -0.1) is 0 Å². The Hall–Kier alpha value is -1.63. The van der Waals surface area contributed by atoms with E-state index in [9.17, 15) is 14.4 Å². The fraction of sp³-hybridized carbons (Fsp3) is 0.944. The number of esters is 2. The molecule has 1 aliphatic heterocycles. The van der Waals surface area contributed by atoms with E-state index in [-0.39, 0.29) is 31.1 Å². The van der Waals surface area contributed by atoms with Gasteiger partial charge >= 0.3 is 11.9 Å². The van der Waals surface area contributed by atoms with Gasteiger partial charge in [0.2, 0.25) is 5.91 Å². The van der Waals surface area contributed by atoms with Gasteiger partial charge in [0.1, 0.15) is 13.2 Å². The Kier molecular flexibility index (Phi) is 39.8. The summed E-state index contributed by atoms with van der Waals surface area (Å²) in [7, 11) is 0. The molecule has 61 heavy (non-hydrogen) atoms. The van der Waals surface area contributed by atoms with Crippen LogP contribution in [0.15, 0.2) is 0 Å². The first-order valence-corrected chi connectivity index (χ1v) is 27.2. The maximum absolute atomic E-state index is 13.5. The van der Waals surface area contributed by atoms with E-state index in [1.165, 1.54) is 193 Å². The number of piperidine rings is 1. The molecular weight excluding hydrogens is 757 g/mol. The molecule has 0 aromatic rings. The summed E-state index contributed by atoms with van der Waals surface area (Å²) in [4.78, 5) is 44.0. The van der Waals surface area contributed by atoms with Gasteiger partial charge in [0.15, 0.2) is 0 Å². The molecular formula is C54H104N2O5. The second-order valence-corrected chi connectivity index (χ2v) is 19.4. The largest absolute Gasteiger partial charge is 0.465 e. The van der Waals surface area contributed by atoms with E-state index in [4.69, 9.17) is 9.47 Å². The van der Waals surface area contributed by atoms with E-state index in [1.54, 1.807) is 0 Å². The Morgan fingerprint density at radius 1 is 0.393 bits per heavy atom. The van der Waals surface area contributed by atoms with Crippen LogP contribution in [0, 0.1) is 5.41 Å². The van der Waals surface area contributed by atoms with Gasteiger partial charge in [-0.05, 0) is 51.6 Å². The highest BCUT2D eigenvalue weighted by molar-refractivity contribution is 5.76. The molecule has 0 atom stereocenters. The van der Waals surface area contributed by atoms with E-state index in [1.807, 2.05) is 4.90 Å². The molecule has 1 aliphatic rings. The van der Waals surface area contributed by atoms with Crippen LogP contribution < -0.4 is 0 Å². The maximum atomic E-state index is 13.5. The van der Waals surface area contributed by atoms with Crippen LogP contribution in [0.1, 0.15) is 278 Å². The van der Waals surface area contributed by atoms with Crippen molar-refractivity contribution in [1.29, 1.82) is 0 Å². The van der Waals surface area contributed by atoms with Crippen molar-refractivity contribution >= 4 is 17.8 Å². The second kappa shape index (κ2) is 42.3. The van der Waals surface area contributed by atoms with Gasteiger partial charge in [-0.2, -0.15) is 0 Å². The summed E-state index contributed by atoms with van der Waals surface area (Å²) in [6.45, 7) is 13.8. The normalized spacial score (nSPS) is 13.9. The molecule has 0 spiro atoms.